The van der Waals surface area contributed by atoms with Gasteiger partial charge in [0.25, 0.3) is 5.91 Å². The predicted octanol–water partition coefficient (Wildman–Crippen LogP) is 3.23. The van der Waals surface area contributed by atoms with Gasteiger partial charge in [0.15, 0.2) is 0 Å². The Bertz CT molecular complexity index is 1230. The highest BCUT2D eigenvalue weighted by Crippen LogP contribution is 2.41. The van der Waals surface area contributed by atoms with Crippen LogP contribution in [0.3, 0.4) is 0 Å². The fourth-order valence-electron chi connectivity index (χ4n) is 5.97. The summed E-state index contributed by atoms with van der Waals surface area (Å²) in [5.74, 6) is -1.11. The number of likely N-dealkylation sites (tertiary alicyclic amines) is 1. The Balaban J connectivity index is 1.07. The summed E-state index contributed by atoms with van der Waals surface area (Å²) in [6.45, 7) is 2.01. The molecule has 0 bridgehead atoms. The molecule has 2 aromatic rings. The number of nitrogens with one attached hydrogen (secondary N) is 3. The number of hydrogen-bond donors (Lipinski definition) is 4. The van der Waals surface area contributed by atoms with Crippen molar-refractivity contribution >= 4 is 17.5 Å². The van der Waals surface area contributed by atoms with Crippen LogP contribution in [0.1, 0.15) is 59.2 Å². The van der Waals surface area contributed by atoms with E-state index in [-0.39, 0.29) is 24.1 Å². The molecule has 2 fully saturated rings. The molecule has 0 unspecified atom stereocenters. The van der Waals surface area contributed by atoms with Crippen LogP contribution in [0.2, 0.25) is 0 Å². The van der Waals surface area contributed by atoms with Crippen LogP contribution in [0.25, 0.3) is 0 Å². The molecular weight excluding hydrogens is 511 g/mol. The number of rotatable bonds is 6. The SMILES string of the molecule is CN1Cc2cc(C3(O)CCC(N4CC[C@@H](NC(=O)CNC(=O)c5cccc(C(F)(F)F)c5)C4)CC3)ccc2N1. The zero-order valence-electron chi connectivity index (χ0n) is 21.9. The van der Waals surface area contributed by atoms with Crippen molar-refractivity contribution in [3.8, 4) is 0 Å². The molecule has 39 heavy (non-hydrogen) atoms. The van der Waals surface area contributed by atoms with Gasteiger partial charge in [0.1, 0.15) is 0 Å². The molecule has 2 aromatic carbocycles. The number of aliphatic hydroxyl groups is 1. The monoisotopic (exact) mass is 545 g/mol. The molecule has 1 atom stereocenters. The summed E-state index contributed by atoms with van der Waals surface area (Å²) in [7, 11) is 1.99. The average Bonchev–Trinajstić information content (AvgIpc) is 3.52. The lowest BCUT2D eigenvalue weighted by molar-refractivity contribution is -0.137. The first kappa shape index (κ1) is 27.4. The molecule has 1 saturated heterocycles. The lowest BCUT2D eigenvalue weighted by Gasteiger charge is -2.40. The standard InChI is InChI=1S/C28H34F3N5O3/c1-35-16-19-14-20(5-6-24(19)34-35)27(39)10-7-23(8-11-27)36-12-9-22(17-36)33-25(37)15-32-26(38)18-3-2-4-21(13-18)28(29,30)31/h2-6,13-14,22-23,34,39H,7-12,15-17H2,1H3,(H,32,38)(H,33,37)/t22-,23?,27?/m1/s1. The smallest absolute Gasteiger partial charge is 0.385 e. The van der Waals surface area contributed by atoms with Gasteiger partial charge in [-0.2, -0.15) is 13.2 Å². The van der Waals surface area contributed by atoms with Crippen molar-refractivity contribution < 1.29 is 27.9 Å². The van der Waals surface area contributed by atoms with E-state index in [9.17, 15) is 27.9 Å². The zero-order valence-corrected chi connectivity index (χ0v) is 21.9. The normalized spacial score (nSPS) is 25.7. The van der Waals surface area contributed by atoms with E-state index in [1.165, 1.54) is 17.7 Å². The van der Waals surface area contributed by atoms with Gasteiger partial charge in [0, 0.05) is 44.3 Å². The van der Waals surface area contributed by atoms with Crippen LogP contribution in [0.15, 0.2) is 42.5 Å². The maximum atomic E-state index is 12.9. The molecule has 2 amide bonds. The molecule has 210 valence electrons. The second-order valence-electron chi connectivity index (χ2n) is 10.9. The van der Waals surface area contributed by atoms with E-state index in [0.717, 1.165) is 55.7 Å². The fourth-order valence-corrected chi connectivity index (χ4v) is 5.97. The number of alkyl halides is 3. The van der Waals surface area contributed by atoms with E-state index in [1.807, 2.05) is 24.2 Å². The average molecular weight is 546 g/mol. The first-order valence-corrected chi connectivity index (χ1v) is 13.3. The van der Waals surface area contributed by atoms with Gasteiger partial charge in [0.05, 0.1) is 23.4 Å². The van der Waals surface area contributed by atoms with Crippen LogP contribution in [-0.2, 0) is 23.1 Å². The van der Waals surface area contributed by atoms with Crippen LogP contribution < -0.4 is 16.1 Å². The molecule has 11 heteroatoms. The number of benzene rings is 2. The van der Waals surface area contributed by atoms with E-state index in [1.54, 1.807) is 0 Å². The van der Waals surface area contributed by atoms with Crippen molar-refractivity contribution in [3.05, 3.63) is 64.7 Å². The molecule has 0 aromatic heterocycles. The van der Waals surface area contributed by atoms with Gasteiger partial charge in [-0.3, -0.25) is 14.5 Å². The number of carbonyl (C=O) groups is 2. The van der Waals surface area contributed by atoms with E-state index in [4.69, 9.17) is 0 Å². The Morgan fingerprint density at radius 3 is 2.64 bits per heavy atom. The molecule has 4 N–H and O–H groups in total. The number of fused-ring (bicyclic) bond motifs is 1. The van der Waals surface area contributed by atoms with Gasteiger partial charge < -0.3 is 21.2 Å². The summed E-state index contributed by atoms with van der Waals surface area (Å²) >= 11 is 0. The highest BCUT2D eigenvalue weighted by molar-refractivity contribution is 5.96. The van der Waals surface area contributed by atoms with Crippen LogP contribution in [0, 0.1) is 0 Å². The molecule has 1 saturated carbocycles. The highest BCUT2D eigenvalue weighted by Gasteiger charge is 2.39. The van der Waals surface area contributed by atoms with Gasteiger partial charge in [-0.15, -0.1) is 0 Å². The lowest BCUT2D eigenvalue weighted by atomic mass is 9.77. The maximum Gasteiger partial charge on any atom is 0.416 e. The van der Waals surface area contributed by atoms with Gasteiger partial charge >= 0.3 is 6.18 Å². The van der Waals surface area contributed by atoms with E-state index < -0.39 is 23.2 Å². The van der Waals surface area contributed by atoms with Crippen molar-refractivity contribution in [2.45, 2.75) is 62.5 Å². The van der Waals surface area contributed by atoms with Crippen molar-refractivity contribution in [1.29, 1.82) is 0 Å². The molecule has 2 heterocycles. The minimum Gasteiger partial charge on any atom is -0.385 e. The van der Waals surface area contributed by atoms with Crippen LogP contribution in [0.4, 0.5) is 18.9 Å². The third-order valence-corrected chi connectivity index (χ3v) is 8.11. The molecule has 1 aliphatic carbocycles. The number of amides is 2. The van der Waals surface area contributed by atoms with Gasteiger partial charge in [0.2, 0.25) is 5.91 Å². The highest BCUT2D eigenvalue weighted by atomic mass is 19.4. The molecule has 2 aliphatic heterocycles. The van der Waals surface area contributed by atoms with E-state index in [0.29, 0.717) is 25.4 Å². The second-order valence-corrected chi connectivity index (χ2v) is 10.9. The quantitative estimate of drug-likeness (QED) is 0.445. The maximum absolute atomic E-state index is 12.9. The molecular formula is C28H34F3N5O3. The number of hydrogen-bond acceptors (Lipinski definition) is 6. The summed E-state index contributed by atoms with van der Waals surface area (Å²) < 4.78 is 38.7. The second kappa shape index (κ2) is 10.8. The topological polar surface area (TPSA) is 96.9 Å². The van der Waals surface area contributed by atoms with Crippen molar-refractivity contribution in [2.24, 2.45) is 0 Å². The van der Waals surface area contributed by atoms with Gasteiger partial charge in [-0.05, 0) is 73.6 Å². The van der Waals surface area contributed by atoms with Crippen LogP contribution in [0.5, 0.6) is 0 Å². The molecule has 5 rings (SSSR count). The number of hydrazine groups is 1. The summed E-state index contributed by atoms with van der Waals surface area (Å²) in [5.41, 5.74) is 4.63. The molecule has 0 radical (unpaired) electrons. The summed E-state index contributed by atoms with van der Waals surface area (Å²) in [6, 6.07) is 10.5. The first-order valence-electron chi connectivity index (χ1n) is 13.3. The molecule has 8 nitrogen and oxygen atoms in total. The number of nitrogens with zero attached hydrogens (tertiary/aromatic N) is 2. The molecule has 3 aliphatic rings. The fraction of sp³-hybridized carbons (Fsp3) is 0.500. The summed E-state index contributed by atoms with van der Waals surface area (Å²) in [6.07, 6.45) is -0.697. The Morgan fingerprint density at radius 1 is 1.13 bits per heavy atom. The first-order chi connectivity index (χ1) is 18.5. The predicted molar refractivity (Wildman–Crippen MR) is 140 cm³/mol. The Hall–Kier alpha value is -3.15. The Kier molecular flexibility index (Phi) is 7.58. The minimum atomic E-state index is -4.55. The summed E-state index contributed by atoms with van der Waals surface area (Å²) in [4.78, 5) is 27.0. The number of anilines is 1. The number of halogens is 3. The van der Waals surface area contributed by atoms with Crippen LogP contribution >= 0.6 is 0 Å². The van der Waals surface area contributed by atoms with E-state index >= 15 is 0 Å². The van der Waals surface area contributed by atoms with Crippen molar-refractivity contribution in [1.82, 2.24) is 20.5 Å². The van der Waals surface area contributed by atoms with Gasteiger partial charge in [-0.25, -0.2) is 5.01 Å². The van der Waals surface area contributed by atoms with Crippen molar-refractivity contribution in [2.75, 3.05) is 32.1 Å². The largest absolute Gasteiger partial charge is 0.416 e. The number of carbonyl (C=O) groups excluding carboxylic acids is 2. The zero-order chi connectivity index (χ0) is 27.8. The third kappa shape index (κ3) is 6.21. The van der Waals surface area contributed by atoms with Crippen LogP contribution in [-0.4, -0.2) is 65.6 Å². The van der Waals surface area contributed by atoms with Gasteiger partial charge in [-0.1, -0.05) is 12.1 Å². The Labute approximate surface area is 225 Å². The third-order valence-electron chi connectivity index (χ3n) is 8.11. The summed E-state index contributed by atoms with van der Waals surface area (Å²) in [5, 5.41) is 18.8. The lowest BCUT2D eigenvalue weighted by Crippen LogP contribution is -2.45. The Morgan fingerprint density at radius 2 is 1.90 bits per heavy atom. The van der Waals surface area contributed by atoms with Crippen molar-refractivity contribution in [3.63, 3.8) is 0 Å². The van der Waals surface area contributed by atoms with E-state index in [2.05, 4.69) is 27.0 Å². The molecule has 0 spiro atoms. The minimum absolute atomic E-state index is 0.0648.